The molecule has 3 aromatic rings. The lowest BCUT2D eigenvalue weighted by molar-refractivity contribution is -0.131. The Labute approximate surface area is 193 Å². The number of azo groups is 1. The summed E-state index contributed by atoms with van der Waals surface area (Å²) in [6.07, 6.45) is 4.85. The maximum atomic E-state index is 13.0. The first-order valence-electron chi connectivity index (χ1n) is 10.7. The molecule has 1 aliphatic carbocycles. The zero-order valence-electron chi connectivity index (χ0n) is 17.9. The fourth-order valence-electron chi connectivity index (χ4n) is 4.34. The maximum absolute atomic E-state index is 13.0. The molecule has 8 nitrogen and oxygen atoms in total. The van der Waals surface area contributed by atoms with Gasteiger partial charge in [0.15, 0.2) is 5.69 Å². The van der Waals surface area contributed by atoms with Crippen molar-refractivity contribution >= 4 is 29.1 Å². The Morgan fingerprint density at radius 1 is 1.18 bits per heavy atom. The van der Waals surface area contributed by atoms with E-state index in [9.17, 15) is 19.8 Å². The number of hydrogen-bond acceptors (Lipinski definition) is 6. The first-order chi connectivity index (χ1) is 15.9. The van der Waals surface area contributed by atoms with Crippen LogP contribution in [0, 0.1) is 6.92 Å². The third kappa shape index (κ3) is 3.89. The number of aromatic nitrogens is 2. The number of aromatic amines is 1. The van der Waals surface area contributed by atoms with E-state index >= 15 is 0 Å². The molecule has 1 aromatic heterocycles. The smallest absolute Gasteiger partial charge is 0.341 e. The molecule has 33 heavy (non-hydrogen) atoms. The van der Waals surface area contributed by atoms with E-state index in [2.05, 4.69) is 21.4 Å². The summed E-state index contributed by atoms with van der Waals surface area (Å²) in [5.41, 5.74) is 4.58. The van der Waals surface area contributed by atoms with Gasteiger partial charge in [0.1, 0.15) is 11.4 Å². The molecule has 168 valence electrons. The summed E-state index contributed by atoms with van der Waals surface area (Å²) < 4.78 is 1.46. The predicted octanol–water partition coefficient (Wildman–Crippen LogP) is 4.88. The van der Waals surface area contributed by atoms with Gasteiger partial charge in [0.25, 0.3) is 5.56 Å². The van der Waals surface area contributed by atoms with Gasteiger partial charge >= 0.3 is 5.97 Å². The second kappa shape index (κ2) is 8.40. The SMILES string of the molecule is Cc1[nH]n(-c2ccc3c(c2)CCC3)c(=O)c1N=Nc1cccc(C2C=C(C(=O)O)SC2)c1O. The van der Waals surface area contributed by atoms with E-state index in [1.807, 2.05) is 12.1 Å². The van der Waals surface area contributed by atoms with Gasteiger partial charge in [-0.15, -0.1) is 22.0 Å². The molecule has 1 aliphatic heterocycles. The van der Waals surface area contributed by atoms with Crippen molar-refractivity contribution < 1.29 is 15.0 Å². The molecule has 0 amide bonds. The van der Waals surface area contributed by atoms with Crippen molar-refractivity contribution in [2.24, 2.45) is 10.2 Å². The highest BCUT2D eigenvalue weighted by Crippen LogP contribution is 2.42. The monoisotopic (exact) mass is 462 g/mol. The average Bonchev–Trinajstić information content (AvgIpc) is 3.52. The fourth-order valence-corrected chi connectivity index (χ4v) is 5.36. The zero-order valence-corrected chi connectivity index (χ0v) is 18.7. The van der Waals surface area contributed by atoms with Gasteiger partial charge in [-0.05, 0) is 55.5 Å². The lowest BCUT2D eigenvalue weighted by atomic mass is 9.99. The lowest BCUT2D eigenvalue weighted by Crippen LogP contribution is -2.14. The molecule has 0 fully saturated rings. The van der Waals surface area contributed by atoms with Gasteiger partial charge in [0, 0.05) is 17.2 Å². The van der Waals surface area contributed by atoms with Crippen molar-refractivity contribution in [1.29, 1.82) is 0 Å². The molecule has 0 spiro atoms. The normalized spacial score (nSPS) is 17.5. The zero-order chi connectivity index (χ0) is 23.1. The van der Waals surface area contributed by atoms with Crippen LogP contribution in [0.4, 0.5) is 11.4 Å². The Hall–Kier alpha value is -3.59. The number of nitrogens with zero attached hydrogens (tertiary/aromatic N) is 3. The van der Waals surface area contributed by atoms with Crippen LogP contribution >= 0.6 is 11.8 Å². The van der Waals surface area contributed by atoms with Gasteiger partial charge < -0.3 is 10.2 Å². The van der Waals surface area contributed by atoms with Crippen LogP contribution in [-0.2, 0) is 17.6 Å². The van der Waals surface area contributed by atoms with Crippen LogP contribution in [0.25, 0.3) is 5.69 Å². The lowest BCUT2D eigenvalue weighted by Gasteiger charge is -2.10. The van der Waals surface area contributed by atoms with Crippen molar-refractivity contribution in [3.8, 4) is 11.4 Å². The largest absolute Gasteiger partial charge is 0.505 e. The van der Waals surface area contributed by atoms with Gasteiger partial charge in [-0.3, -0.25) is 9.89 Å². The Bertz CT molecular complexity index is 1390. The second-order valence-electron chi connectivity index (χ2n) is 8.20. The van der Waals surface area contributed by atoms with E-state index in [4.69, 9.17) is 0 Å². The van der Waals surface area contributed by atoms with Crippen LogP contribution in [0.1, 0.15) is 34.7 Å². The molecule has 2 aliphatic rings. The summed E-state index contributed by atoms with van der Waals surface area (Å²) in [6, 6.07) is 11.1. The second-order valence-corrected chi connectivity index (χ2v) is 9.26. The quantitative estimate of drug-likeness (QED) is 0.467. The third-order valence-corrected chi connectivity index (χ3v) is 7.21. The van der Waals surface area contributed by atoms with Gasteiger partial charge in [-0.25, -0.2) is 9.48 Å². The number of para-hydroxylation sites is 1. The summed E-state index contributed by atoms with van der Waals surface area (Å²) in [6.45, 7) is 1.75. The fraction of sp³-hybridized carbons (Fsp3) is 0.250. The van der Waals surface area contributed by atoms with E-state index in [1.54, 1.807) is 31.2 Å². The molecule has 0 bridgehead atoms. The highest BCUT2D eigenvalue weighted by atomic mass is 32.2. The minimum atomic E-state index is -0.972. The number of allylic oxidation sites excluding steroid dienone is 1. The molecule has 0 saturated heterocycles. The number of phenols is 1. The summed E-state index contributed by atoms with van der Waals surface area (Å²) >= 11 is 1.24. The van der Waals surface area contributed by atoms with E-state index < -0.39 is 5.97 Å². The van der Waals surface area contributed by atoms with Crippen LogP contribution in [0.15, 0.2) is 62.4 Å². The number of aryl methyl sites for hydroxylation is 3. The number of carboxylic acid groups (broad SMARTS) is 1. The summed E-state index contributed by atoms with van der Waals surface area (Å²) in [4.78, 5) is 24.5. The predicted molar refractivity (Wildman–Crippen MR) is 126 cm³/mol. The number of carboxylic acids is 1. The Balaban J connectivity index is 1.45. The topological polar surface area (TPSA) is 120 Å². The first kappa shape index (κ1) is 21.3. The number of hydrogen-bond donors (Lipinski definition) is 3. The Morgan fingerprint density at radius 3 is 2.79 bits per heavy atom. The molecule has 2 aromatic carbocycles. The maximum Gasteiger partial charge on any atom is 0.341 e. The molecule has 5 rings (SSSR count). The number of phenolic OH excluding ortho intramolecular Hbond substituents is 1. The minimum Gasteiger partial charge on any atom is -0.505 e. The Morgan fingerprint density at radius 2 is 2.00 bits per heavy atom. The van der Waals surface area contributed by atoms with Crippen molar-refractivity contribution in [2.75, 3.05) is 5.75 Å². The van der Waals surface area contributed by atoms with Crippen molar-refractivity contribution in [1.82, 2.24) is 9.78 Å². The summed E-state index contributed by atoms with van der Waals surface area (Å²) in [7, 11) is 0. The molecule has 1 atom stereocenters. The molecular formula is C24H22N4O4S. The number of aromatic hydroxyl groups is 1. The van der Waals surface area contributed by atoms with Crippen molar-refractivity contribution in [2.45, 2.75) is 32.1 Å². The van der Waals surface area contributed by atoms with Crippen LogP contribution in [0.5, 0.6) is 5.75 Å². The number of fused-ring (bicyclic) bond motifs is 1. The molecular weight excluding hydrogens is 440 g/mol. The van der Waals surface area contributed by atoms with Crippen LogP contribution in [-0.4, -0.2) is 31.7 Å². The van der Waals surface area contributed by atoms with Gasteiger partial charge in [-0.2, -0.15) is 0 Å². The standard InChI is InChI=1S/C24H22N4O4S/c1-13-21(23(30)28(27-13)17-9-8-14-4-2-5-15(14)10-17)26-25-19-7-3-6-18(22(19)29)16-11-20(24(31)32)33-12-16/h3,6-11,16,27,29H,2,4-5,12H2,1H3,(H,31,32). The van der Waals surface area contributed by atoms with Crippen LogP contribution in [0.3, 0.4) is 0 Å². The number of thioether (sulfide) groups is 1. The molecule has 9 heteroatoms. The van der Waals surface area contributed by atoms with E-state index in [-0.39, 0.29) is 33.5 Å². The number of carbonyl (C=O) groups is 1. The van der Waals surface area contributed by atoms with Gasteiger partial charge in [0.2, 0.25) is 0 Å². The molecule has 2 heterocycles. The van der Waals surface area contributed by atoms with Gasteiger partial charge in [0.05, 0.1) is 16.3 Å². The van der Waals surface area contributed by atoms with Crippen molar-refractivity contribution in [3.63, 3.8) is 0 Å². The highest BCUT2D eigenvalue weighted by Gasteiger charge is 2.25. The van der Waals surface area contributed by atoms with Crippen molar-refractivity contribution in [3.05, 3.63) is 80.1 Å². The molecule has 1 unspecified atom stereocenters. The van der Waals surface area contributed by atoms with Gasteiger partial charge in [-0.1, -0.05) is 24.3 Å². The highest BCUT2D eigenvalue weighted by molar-refractivity contribution is 8.04. The summed E-state index contributed by atoms with van der Waals surface area (Å²) in [5, 5.41) is 31.3. The van der Waals surface area contributed by atoms with E-state index in [1.165, 1.54) is 27.6 Å². The van der Waals surface area contributed by atoms with E-state index in [0.717, 1.165) is 24.9 Å². The number of aliphatic carboxylic acids is 1. The first-order valence-corrected chi connectivity index (χ1v) is 11.7. The summed E-state index contributed by atoms with van der Waals surface area (Å²) in [5.74, 6) is -0.748. The third-order valence-electron chi connectivity index (χ3n) is 6.07. The number of nitrogens with one attached hydrogen (secondary N) is 1. The van der Waals surface area contributed by atoms with Crippen LogP contribution in [0.2, 0.25) is 0 Å². The van der Waals surface area contributed by atoms with Crippen LogP contribution < -0.4 is 5.56 Å². The average molecular weight is 463 g/mol. The Kier molecular flexibility index (Phi) is 5.41. The number of benzene rings is 2. The molecule has 3 N–H and O–H groups in total. The molecule has 0 saturated carbocycles. The van der Waals surface area contributed by atoms with E-state index in [0.29, 0.717) is 17.0 Å². The number of H-pyrrole nitrogens is 1. The number of rotatable bonds is 5. The minimum absolute atomic E-state index is 0.0677. The molecule has 0 radical (unpaired) electrons.